The molecule has 1 aromatic rings. The second-order valence-electron chi connectivity index (χ2n) is 3.65. The Balaban J connectivity index is 3.00. The molecule has 1 unspecified atom stereocenters. The Kier molecular flexibility index (Phi) is 5.43. The van der Waals surface area contributed by atoms with Gasteiger partial charge in [-0.15, -0.1) is 0 Å². The van der Waals surface area contributed by atoms with Crippen LogP contribution in [-0.2, 0) is 4.74 Å². The second-order valence-corrected chi connectivity index (χ2v) is 4.51. The van der Waals surface area contributed by atoms with Crippen molar-refractivity contribution in [3.8, 4) is 11.5 Å². The van der Waals surface area contributed by atoms with E-state index in [0.717, 1.165) is 0 Å². The van der Waals surface area contributed by atoms with E-state index >= 15 is 0 Å². The van der Waals surface area contributed by atoms with E-state index < -0.39 is 5.97 Å². The topological polar surface area (TPSA) is 65.0 Å². The molecule has 1 atom stereocenters. The maximum atomic E-state index is 10.9. The number of aromatic carboxylic acids is 1. The van der Waals surface area contributed by atoms with Gasteiger partial charge in [-0.2, -0.15) is 0 Å². The largest absolute Gasteiger partial charge is 0.493 e. The number of methoxy groups -OCH3 is 2. The van der Waals surface area contributed by atoms with E-state index in [1.165, 1.54) is 19.2 Å². The molecule has 0 amide bonds. The molecule has 1 aromatic carbocycles. The quantitative estimate of drug-likeness (QED) is 0.873. The number of carboxylic acids is 1. The summed E-state index contributed by atoms with van der Waals surface area (Å²) < 4.78 is 16.3. The smallest absolute Gasteiger partial charge is 0.335 e. The van der Waals surface area contributed by atoms with Crippen molar-refractivity contribution in [2.24, 2.45) is 0 Å². The molecular formula is C12H15BrO5. The van der Waals surface area contributed by atoms with Gasteiger partial charge in [-0.05, 0) is 35.0 Å². The molecule has 0 aromatic heterocycles. The Morgan fingerprint density at radius 2 is 2.11 bits per heavy atom. The summed E-state index contributed by atoms with van der Waals surface area (Å²) in [6.45, 7) is 2.21. The van der Waals surface area contributed by atoms with Gasteiger partial charge < -0.3 is 19.3 Å². The number of ether oxygens (including phenoxy) is 3. The van der Waals surface area contributed by atoms with E-state index in [9.17, 15) is 4.79 Å². The van der Waals surface area contributed by atoms with Crippen molar-refractivity contribution in [3.05, 3.63) is 22.2 Å². The number of carbonyl (C=O) groups is 1. The molecule has 0 aliphatic rings. The second kappa shape index (κ2) is 6.61. The average Bonchev–Trinajstić information content (AvgIpc) is 2.35. The molecule has 0 bridgehead atoms. The Labute approximate surface area is 114 Å². The fraction of sp³-hybridized carbons (Fsp3) is 0.417. The highest BCUT2D eigenvalue weighted by Crippen LogP contribution is 2.36. The summed E-state index contributed by atoms with van der Waals surface area (Å²) in [6, 6.07) is 2.89. The van der Waals surface area contributed by atoms with E-state index in [2.05, 4.69) is 15.9 Å². The van der Waals surface area contributed by atoms with E-state index in [-0.39, 0.29) is 11.7 Å². The molecule has 1 rings (SSSR count). The summed E-state index contributed by atoms with van der Waals surface area (Å²) in [5.74, 6) is -0.192. The molecule has 100 valence electrons. The molecule has 0 saturated carbocycles. The molecule has 18 heavy (non-hydrogen) atoms. The molecule has 0 heterocycles. The van der Waals surface area contributed by atoms with Crippen LogP contribution in [-0.4, -0.2) is 38.0 Å². The molecule has 0 fully saturated rings. The van der Waals surface area contributed by atoms with Crippen molar-refractivity contribution in [1.82, 2.24) is 0 Å². The molecule has 0 aliphatic heterocycles. The predicted octanol–water partition coefficient (Wildman–Crippen LogP) is 2.57. The summed E-state index contributed by atoms with van der Waals surface area (Å²) in [5, 5.41) is 8.94. The molecule has 1 N–H and O–H groups in total. The highest BCUT2D eigenvalue weighted by molar-refractivity contribution is 9.10. The minimum absolute atomic E-state index is 0.0687. The van der Waals surface area contributed by atoms with Crippen molar-refractivity contribution < 1.29 is 24.1 Å². The third-order valence-corrected chi connectivity index (χ3v) is 2.93. The highest BCUT2D eigenvalue weighted by atomic mass is 79.9. The van der Waals surface area contributed by atoms with Crippen LogP contribution in [0.5, 0.6) is 11.5 Å². The van der Waals surface area contributed by atoms with Crippen LogP contribution < -0.4 is 9.47 Å². The van der Waals surface area contributed by atoms with E-state index in [0.29, 0.717) is 22.6 Å². The first-order valence-electron chi connectivity index (χ1n) is 5.26. The summed E-state index contributed by atoms with van der Waals surface area (Å²) >= 11 is 3.27. The fourth-order valence-electron chi connectivity index (χ4n) is 1.25. The SMILES string of the molecule is COc1cc(C(=O)O)cc(Br)c1OCC(C)OC. The number of halogens is 1. The van der Waals surface area contributed by atoms with Gasteiger partial charge in [-0.3, -0.25) is 0 Å². The number of hydrogen-bond donors (Lipinski definition) is 1. The minimum atomic E-state index is -1.02. The van der Waals surface area contributed by atoms with Crippen molar-refractivity contribution >= 4 is 21.9 Å². The van der Waals surface area contributed by atoms with Gasteiger partial charge in [-0.25, -0.2) is 4.79 Å². The van der Waals surface area contributed by atoms with Crippen molar-refractivity contribution in [3.63, 3.8) is 0 Å². The van der Waals surface area contributed by atoms with Crippen LogP contribution in [0, 0.1) is 0 Å². The summed E-state index contributed by atoms with van der Waals surface area (Å²) in [6.07, 6.45) is -0.0687. The summed E-state index contributed by atoms with van der Waals surface area (Å²) in [7, 11) is 3.05. The molecule has 6 heteroatoms. The number of carboxylic acid groups (broad SMARTS) is 1. The van der Waals surface area contributed by atoms with Crippen LogP contribution in [0.1, 0.15) is 17.3 Å². The van der Waals surface area contributed by atoms with Gasteiger partial charge >= 0.3 is 5.97 Å². The molecule has 0 aliphatic carbocycles. The van der Waals surface area contributed by atoms with Gasteiger partial charge in [-0.1, -0.05) is 0 Å². The Morgan fingerprint density at radius 3 is 2.61 bits per heavy atom. The van der Waals surface area contributed by atoms with Gasteiger partial charge in [0.2, 0.25) is 0 Å². The van der Waals surface area contributed by atoms with Gasteiger partial charge in [0.15, 0.2) is 11.5 Å². The highest BCUT2D eigenvalue weighted by Gasteiger charge is 2.15. The standard InChI is InChI=1S/C12H15BrO5/c1-7(16-2)6-18-11-9(13)4-8(12(14)15)5-10(11)17-3/h4-5,7H,6H2,1-3H3,(H,14,15). The third kappa shape index (κ3) is 3.61. The zero-order chi connectivity index (χ0) is 13.7. The lowest BCUT2D eigenvalue weighted by Gasteiger charge is -2.15. The monoisotopic (exact) mass is 318 g/mol. The van der Waals surface area contributed by atoms with Crippen LogP contribution >= 0.6 is 15.9 Å². The lowest BCUT2D eigenvalue weighted by Crippen LogP contribution is -2.16. The van der Waals surface area contributed by atoms with Gasteiger partial charge in [0, 0.05) is 7.11 Å². The van der Waals surface area contributed by atoms with Crippen LogP contribution in [0.25, 0.3) is 0 Å². The number of rotatable bonds is 6. The van der Waals surface area contributed by atoms with E-state index in [4.69, 9.17) is 19.3 Å². The van der Waals surface area contributed by atoms with E-state index in [1.807, 2.05) is 6.92 Å². The fourth-order valence-corrected chi connectivity index (χ4v) is 1.81. The summed E-state index contributed by atoms with van der Waals surface area (Å²) in [5.41, 5.74) is 0.130. The first kappa shape index (κ1) is 14.8. The van der Waals surface area contributed by atoms with Crippen LogP contribution in [0.4, 0.5) is 0 Å². The van der Waals surface area contributed by atoms with Crippen LogP contribution in [0.15, 0.2) is 16.6 Å². The molecule has 5 nitrogen and oxygen atoms in total. The Bertz CT molecular complexity index is 433. The first-order valence-corrected chi connectivity index (χ1v) is 6.05. The molecular weight excluding hydrogens is 304 g/mol. The van der Waals surface area contributed by atoms with E-state index in [1.54, 1.807) is 7.11 Å². The Hall–Kier alpha value is -1.27. The number of benzene rings is 1. The van der Waals surface area contributed by atoms with Crippen LogP contribution in [0.3, 0.4) is 0 Å². The lowest BCUT2D eigenvalue weighted by atomic mass is 10.2. The number of hydrogen-bond acceptors (Lipinski definition) is 4. The van der Waals surface area contributed by atoms with Crippen molar-refractivity contribution in [2.45, 2.75) is 13.0 Å². The van der Waals surface area contributed by atoms with Gasteiger partial charge in [0.25, 0.3) is 0 Å². The molecule has 0 radical (unpaired) electrons. The predicted molar refractivity (Wildman–Crippen MR) is 69.6 cm³/mol. The maximum Gasteiger partial charge on any atom is 0.335 e. The summed E-state index contributed by atoms with van der Waals surface area (Å²) in [4.78, 5) is 10.9. The molecule has 0 spiro atoms. The van der Waals surface area contributed by atoms with Gasteiger partial charge in [0.05, 0.1) is 23.2 Å². The molecule has 0 saturated heterocycles. The normalized spacial score (nSPS) is 12.0. The average molecular weight is 319 g/mol. The van der Waals surface area contributed by atoms with Gasteiger partial charge in [0.1, 0.15) is 6.61 Å². The lowest BCUT2D eigenvalue weighted by molar-refractivity contribution is 0.0687. The minimum Gasteiger partial charge on any atom is -0.493 e. The van der Waals surface area contributed by atoms with Crippen LogP contribution in [0.2, 0.25) is 0 Å². The maximum absolute atomic E-state index is 10.9. The third-order valence-electron chi connectivity index (χ3n) is 2.34. The van der Waals surface area contributed by atoms with Crippen molar-refractivity contribution in [2.75, 3.05) is 20.8 Å². The zero-order valence-electron chi connectivity index (χ0n) is 10.4. The zero-order valence-corrected chi connectivity index (χ0v) is 12.0. The Morgan fingerprint density at radius 1 is 1.44 bits per heavy atom. The first-order chi connectivity index (χ1) is 8.49. The van der Waals surface area contributed by atoms with Crippen molar-refractivity contribution in [1.29, 1.82) is 0 Å².